The van der Waals surface area contributed by atoms with Crippen LogP contribution in [0.4, 0.5) is 8.78 Å². The van der Waals surface area contributed by atoms with Crippen LogP contribution in [0, 0.1) is 35.5 Å². The molecule has 99 heavy (non-hydrogen) atoms. The van der Waals surface area contributed by atoms with E-state index in [1.54, 1.807) is 21.3 Å². The van der Waals surface area contributed by atoms with Crippen LogP contribution in [0.15, 0.2) is 146 Å². The van der Waals surface area contributed by atoms with Crippen molar-refractivity contribution in [2.24, 2.45) is 35.5 Å². The Kier molecular flexibility index (Phi) is 23.4. The van der Waals surface area contributed by atoms with Crippen LogP contribution in [0.2, 0.25) is 5.02 Å². The Hall–Kier alpha value is -5.53. The van der Waals surface area contributed by atoms with Gasteiger partial charge in [-0.15, -0.1) is 0 Å². The summed E-state index contributed by atoms with van der Waals surface area (Å²) in [6, 6.07) is 53.5. The van der Waals surface area contributed by atoms with Crippen LogP contribution in [-0.2, 0) is 6.61 Å². The number of alkyl halides is 2. The average Bonchev–Trinajstić information content (AvgIpc) is 1.74. The molecule has 12 heteroatoms. The molecule has 6 aromatic carbocycles. The normalized spacial score (nSPS) is 29.6. The molecule has 6 bridgehead atoms. The number of likely N-dealkylation sites (tertiary alicyclic amines) is 4. The zero-order valence-electron chi connectivity index (χ0n) is 59.6. The number of benzene rings is 6. The topological polar surface area (TPSA) is 70.1 Å². The smallest absolute Gasteiger partial charge is 0.248 e. The Labute approximate surface area is 596 Å². The number of methoxy groups -OCH3 is 3. The van der Waals surface area contributed by atoms with E-state index in [0.29, 0.717) is 43.2 Å². The summed E-state index contributed by atoms with van der Waals surface area (Å²) in [5.41, 5.74) is 9.19. The highest BCUT2D eigenvalue weighted by Crippen LogP contribution is 2.52. The van der Waals surface area contributed by atoms with Crippen molar-refractivity contribution in [1.29, 1.82) is 0 Å². The number of piperidine rings is 4. The molecule has 3 unspecified atom stereocenters. The summed E-state index contributed by atoms with van der Waals surface area (Å²) in [5, 5.41) is 11.5. The lowest BCUT2D eigenvalue weighted by molar-refractivity contribution is -0.0558. The molecule has 11 aliphatic rings. The number of fused-ring (bicyclic) bond motifs is 6. The predicted molar refractivity (Wildman–Crippen MR) is 397 cm³/mol. The molecule has 0 spiro atoms. The van der Waals surface area contributed by atoms with Crippen molar-refractivity contribution < 1.29 is 32.8 Å². The molecule has 7 aliphatic carbocycles. The highest BCUT2D eigenvalue weighted by atomic mass is 35.5. The minimum absolute atomic E-state index is 0.0414. The molecule has 11 atom stereocenters. The van der Waals surface area contributed by atoms with E-state index in [9.17, 15) is 13.9 Å². The number of aliphatic hydroxyl groups is 1. The molecule has 7 saturated carbocycles. The highest BCUT2D eigenvalue weighted by Gasteiger charge is 2.47. The third kappa shape index (κ3) is 16.9. The van der Waals surface area contributed by atoms with Crippen molar-refractivity contribution in [3.8, 4) is 34.1 Å². The van der Waals surface area contributed by atoms with E-state index in [2.05, 4.69) is 123 Å². The van der Waals surface area contributed by atoms with Gasteiger partial charge in [-0.25, -0.2) is 8.78 Å². The van der Waals surface area contributed by atoms with E-state index >= 15 is 0 Å². The lowest BCUT2D eigenvalue weighted by Crippen LogP contribution is -2.49. The summed E-state index contributed by atoms with van der Waals surface area (Å²) in [6.45, 7) is 9.65. The average molecular weight is 1370 g/mol. The van der Waals surface area contributed by atoms with E-state index in [1.807, 2.05) is 42.5 Å². The fourth-order valence-electron chi connectivity index (χ4n) is 21.2. The molecule has 0 aromatic heterocycles. The standard InChI is InChI=1S/2C25H31NO.C19H27NO2.C18H24ClF2NO/c1-27-22-6-4-5-20(17-22)24-8-3-2-7-23(24)19-11-13-26(14-12-19)25-16-18-9-10-21(25)15-18;1-2-6-19(7-3-1)18-27-25-9-5-4-8-23(25)21-12-14-26(15-13-21)24-17-20-10-11-22(24)16-20;1-22-19-5-3-2-4-16(19)15-8-9-20(12-18(15)21)17-11-13-6-7-14(17)10-13;1-23-17-3-2-14(19)12-16(17)13-6-10-22(11-7-13)15-4-8-18(20,21)9-5-15/h2-8,17-19,21,25H,9-16H2,1H3;1-9,20-22,24H,10-18H2;2-5,13-15,17-18,21H,6-12H2,1H3;2-3,12-13,15H,4-11H2,1H3/t18-,21?,25-;20-,22?,24-;13-,14?,15+,17+,18-;/m000./s1. The zero-order valence-corrected chi connectivity index (χ0v) is 60.4. The monoisotopic (exact) mass is 1370 g/mol. The Morgan fingerprint density at radius 3 is 1.48 bits per heavy atom. The van der Waals surface area contributed by atoms with Gasteiger partial charge >= 0.3 is 0 Å². The van der Waals surface area contributed by atoms with Gasteiger partial charge in [0.25, 0.3) is 0 Å². The van der Waals surface area contributed by atoms with Crippen LogP contribution in [0.1, 0.15) is 199 Å². The third-order valence-electron chi connectivity index (χ3n) is 26.5. The molecule has 1 N–H and O–H groups in total. The van der Waals surface area contributed by atoms with Gasteiger partial charge in [0.05, 0.1) is 27.4 Å². The largest absolute Gasteiger partial charge is 0.497 e. The van der Waals surface area contributed by atoms with E-state index in [-0.39, 0.29) is 24.9 Å². The lowest BCUT2D eigenvalue weighted by Gasteiger charge is -2.42. The van der Waals surface area contributed by atoms with Gasteiger partial charge in [0.2, 0.25) is 5.92 Å². The van der Waals surface area contributed by atoms with Gasteiger partial charge in [0.1, 0.15) is 29.6 Å². The second kappa shape index (κ2) is 32.8. The number of β-amino-alcohol motifs (C(OH)–C–C–N with tert-alkyl or cyclic N) is 1. The molecular formula is C87H113ClF2N4O5. The van der Waals surface area contributed by atoms with Crippen molar-refractivity contribution >= 4 is 11.6 Å². The SMILES string of the molecule is COc1ccc(Cl)cc1C1CCN(C2CCC(F)(F)CC2)CC1.COc1cccc(-c2ccccc2C2CCN([C@H]3C[C@H]4CCC3C4)CC2)c1.COc1ccccc1[C@H]1CCN([C@@H]2C[C@H]3CCC2C3)C[C@@H]1O.c1ccc(COc2ccccc2C2CCN([C@H]3C[C@H]4CCC3C4)CC2)cc1. The molecule has 4 saturated heterocycles. The van der Waals surface area contributed by atoms with Gasteiger partial charge in [0.15, 0.2) is 0 Å². The van der Waals surface area contributed by atoms with Crippen molar-refractivity contribution in [1.82, 2.24) is 19.6 Å². The number of nitrogens with zero attached hydrogens (tertiary/aromatic N) is 4. The number of hydrogen-bond donors (Lipinski definition) is 1. The summed E-state index contributed by atoms with van der Waals surface area (Å²) in [7, 11) is 5.15. The number of ether oxygens (including phenoxy) is 4. The van der Waals surface area contributed by atoms with Gasteiger partial charge in [0, 0.05) is 54.5 Å². The van der Waals surface area contributed by atoms with Gasteiger partial charge < -0.3 is 38.8 Å². The van der Waals surface area contributed by atoms with E-state index in [0.717, 1.165) is 127 Å². The quantitative estimate of drug-likeness (QED) is 0.108. The zero-order chi connectivity index (χ0) is 67.8. The Bertz CT molecular complexity index is 3520. The number of aliphatic hydroxyl groups excluding tert-OH is 1. The van der Waals surface area contributed by atoms with Crippen LogP contribution in [0.5, 0.6) is 23.0 Å². The third-order valence-corrected chi connectivity index (χ3v) is 26.7. The molecule has 11 fully saturated rings. The lowest BCUT2D eigenvalue weighted by atomic mass is 9.83. The molecule has 9 nitrogen and oxygen atoms in total. The predicted octanol–water partition coefficient (Wildman–Crippen LogP) is 19.5. The number of para-hydroxylation sites is 2. The fourth-order valence-corrected chi connectivity index (χ4v) is 21.4. The first-order valence-electron chi connectivity index (χ1n) is 38.9. The van der Waals surface area contributed by atoms with Crippen LogP contribution < -0.4 is 18.9 Å². The second-order valence-corrected chi connectivity index (χ2v) is 32.4. The minimum Gasteiger partial charge on any atom is -0.497 e. The first-order chi connectivity index (χ1) is 48.4. The Morgan fingerprint density at radius 1 is 0.434 bits per heavy atom. The molecule has 17 rings (SSSR count). The number of halogens is 3. The maximum Gasteiger partial charge on any atom is 0.248 e. The summed E-state index contributed by atoms with van der Waals surface area (Å²) >= 11 is 6.13. The number of rotatable bonds is 15. The van der Waals surface area contributed by atoms with Gasteiger partial charge in [-0.3, -0.25) is 4.90 Å². The van der Waals surface area contributed by atoms with Crippen molar-refractivity contribution in [3.05, 3.63) is 178 Å². The molecule has 4 aliphatic heterocycles. The fraction of sp³-hybridized carbons (Fsp3) is 0.586. The van der Waals surface area contributed by atoms with Gasteiger partial charge in [-0.05, 0) is 296 Å². The maximum absolute atomic E-state index is 13.3. The summed E-state index contributed by atoms with van der Waals surface area (Å²) in [5.74, 6) is 9.35. The van der Waals surface area contributed by atoms with Crippen molar-refractivity contribution in [3.63, 3.8) is 0 Å². The number of hydrogen-bond acceptors (Lipinski definition) is 9. The van der Waals surface area contributed by atoms with E-state index < -0.39 is 5.92 Å². The van der Waals surface area contributed by atoms with Gasteiger partial charge in [-0.1, -0.05) is 134 Å². The Morgan fingerprint density at radius 2 is 0.929 bits per heavy atom. The molecule has 532 valence electrons. The molecular weight excluding hydrogens is 1250 g/mol. The van der Waals surface area contributed by atoms with Crippen LogP contribution in [0.25, 0.3) is 11.1 Å². The second-order valence-electron chi connectivity index (χ2n) is 32.0. The maximum atomic E-state index is 13.3. The molecule has 6 aromatic rings. The van der Waals surface area contributed by atoms with Crippen LogP contribution in [-0.4, -0.2) is 135 Å². The summed E-state index contributed by atoms with van der Waals surface area (Å²) in [6.07, 6.45) is 27.0. The summed E-state index contributed by atoms with van der Waals surface area (Å²) in [4.78, 5) is 10.7. The van der Waals surface area contributed by atoms with Crippen molar-refractivity contribution in [2.45, 2.75) is 214 Å². The first kappa shape index (κ1) is 70.5. The first-order valence-corrected chi connectivity index (χ1v) is 39.3. The molecule has 0 radical (unpaired) electrons. The van der Waals surface area contributed by atoms with Crippen LogP contribution in [0.3, 0.4) is 0 Å². The molecule has 4 heterocycles. The minimum atomic E-state index is -2.44. The van der Waals surface area contributed by atoms with Crippen LogP contribution >= 0.6 is 11.6 Å². The van der Waals surface area contributed by atoms with Crippen molar-refractivity contribution in [2.75, 3.05) is 73.7 Å². The highest BCUT2D eigenvalue weighted by molar-refractivity contribution is 6.30. The van der Waals surface area contributed by atoms with E-state index in [4.69, 9.17) is 30.5 Å². The Balaban J connectivity index is 0.000000113. The van der Waals surface area contributed by atoms with Gasteiger partial charge in [-0.2, -0.15) is 0 Å². The van der Waals surface area contributed by atoms with E-state index in [1.165, 1.54) is 168 Å². The molecule has 0 amide bonds. The summed E-state index contributed by atoms with van der Waals surface area (Å²) < 4.78 is 49.2.